The maximum atomic E-state index is 6.88. The molecule has 0 aliphatic carbocycles. The van der Waals surface area contributed by atoms with E-state index >= 15 is 0 Å². The molecule has 0 aromatic heterocycles. The van der Waals surface area contributed by atoms with Gasteiger partial charge in [0.25, 0.3) is 6.26 Å². The van der Waals surface area contributed by atoms with Gasteiger partial charge in [-0.1, -0.05) is 0 Å². The Kier molecular flexibility index (Phi) is 29.0. The molecule has 0 fully saturated rings. The summed E-state index contributed by atoms with van der Waals surface area (Å²) in [6, 6.07) is 0. The van der Waals surface area contributed by atoms with Crippen molar-refractivity contribution in [3.63, 3.8) is 0 Å². The number of hydrogen-bond acceptors (Lipinski definition) is 2. The summed E-state index contributed by atoms with van der Waals surface area (Å²) in [5.41, 5.74) is 0. The number of aliphatic hydroxyl groups excluding tert-OH is 1. The second-order valence-electron chi connectivity index (χ2n) is 0.100. The van der Waals surface area contributed by atoms with Crippen LogP contribution in [0.3, 0.4) is 0 Å². The van der Waals surface area contributed by atoms with E-state index in [-0.39, 0.29) is 19.5 Å². The van der Waals surface area contributed by atoms with Crippen LogP contribution in [0.5, 0.6) is 0 Å². The van der Waals surface area contributed by atoms with Crippen molar-refractivity contribution in [1.29, 1.82) is 5.26 Å². The van der Waals surface area contributed by atoms with Crippen LogP contribution >= 0.6 is 0 Å². The minimum atomic E-state index is 0. The first-order chi connectivity index (χ1) is 1.41. The standard InChI is InChI=1S/CHNO.Zn/c2-1-3;/h3H;. The first-order valence-electron chi connectivity index (χ1n) is 0.447. The smallest absolute Gasteiger partial charge is 0.283 e. The quantitative estimate of drug-likeness (QED) is 0.346. The van der Waals surface area contributed by atoms with Gasteiger partial charge in [-0.3, -0.25) is 0 Å². The van der Waals surface area contributed by atoms with Crippen molar-refractivity contribution in [3.8, 4) is 6.26 Å². The van der Waals surface area contributed by atoms with E-state index in [1.165, 1.54) is 0 Å². The first kappa shape index (κ1) is 9.07. The SMILES string of the molecule is N#CO.[Zn]. The molecule has 0 aromatic carbocycles. The molecule has 0 spiro atoms. The third-order valence-electron chi connectivity index (χ3n) is 0. The van der Waals surface area contributed by atoms with E-state index in [4.69, 9.17) is 10.4 Å². The fourth-order valence-corrected chi connectivity index (χ4v) is 0. The van der Waals surface area contributed by atoms with Crippen molar-refractivity contribution in [2.24, 2.45) is 0 Å². The molecule has 0 aliphatic rings. The molecule has 0 amide bonds. The topological polar surface area (TPSA) is 44.0 Å². The second kappa shape index (κ2) is 12.8. The third kappa shape index (κ3) is 213. The number of aliphatic hydroxyl groups is 1. The Morgan fingerprint density at radius 2 is 1.75 bits per heavy atom. The van der Waals surface area contributed by atoms with Crippen LogP contribution in [0.2, 0.25) is 0 Å². The van der Waals surface area contributed by atoms with Crippen LogP contribution < -0.4 is 0 Å². The van der Waals surface area contributed by atoms with Gasteiger partial charge in [-0.15, -0.1) is 0 Å². The largest absolute Gasteiger partial charge is 0.443 e. The van der Waals surface area contributed by atoms with Crippen LogP contribution in [0.25, 0.3) is 0 Å². The number of nitriles is 1. The third-order valence-corrected chi connectivity index (χ3v) is 0. The van der Waals surface area contributed by atoms with Gasteiger partial charge < -0.3 is 5.11 Å². The van der Waals surface area contributed by atoms with E-state index in [1.54, 1.807) is 0 Å². The minimum absolute atomic E-state index is 0. The van der Waals surface area contributed by atoms with Crippen LogP contribution in [-0.4, -0.2) is 5.11 Å². The molecule has 0 radical (unpaired) electrons. The van der Waals surface area contributed by atoms with Crippen molar-refractivity contribution >= 4 is 0 Å². The first-order valence-corrected chi connectivity index (χ1v) is 0.447. The Balaban J connectivity index is 0. The summed E-state index contributed by atoms with van der Waals surface area (Å²) in [6.07, 6.45) is 0.750. The maximum Gasteiger partial charge on any atom is 0.283 e. The van der Waals surface area contributed by atoms with Crippen molar-refractivity contribution in [2.45, 2.75) is 0 Å². The molecule has 0 heterocycles. The summed E-state index contributed by atoms with van der Waals surface area (Å²) < 4.78 is 0. The Morgan fingerprint density at radius 1 is 1.75 bits per heavy atom. The number of rotatable bonds is 0. The summed E-state index contributed by atoms with van der Waals surface area (Å²) in [7, 11) is 0. The molecule has 3 heteroatoms. The molecule has 0 aliphatic heterocycles. The molecular weight excluding hydrogens is 107 g/mol. The molecule has 2 nitrogen and oxygen atoms in total. The predicted octanol–water partition coefficient (Wildman–Crippen LogP) is -0.163. The second-order valence-corrected chi connectivity index (χ2v) is 0.100. The molecular formula is CHNOZn. The summed E-state index contributed by atoms with van der Waals surface area (Å²) >= 11 is 0. The Morgan fingerprint density at radius 3 is 1.75 bits per heavy atom. The molecule has 0 bridgehead atoms. The van der Waals surface area contributed by atoms with E-state index in [9.17, 15) is 0 Å². The summed E-state index contributed by atoms with van der Waals surface area (Å²) in [5, 5.41) is 13.8. The molecule has 0 aromatic rings. The fraction of sp³-hybridized carbons (Fsp3) is 0. The van der Waals surface area contributed by atoms with Crippen molar-refractivity contribution in [3.05, 3.63) is 0 Å². The van der Waals surface area contributed by atoms with Gasteiger partial charge in [0.2, 0.25) is 0 Å². The van der Waals surface area contributed by atoms with Gasteiger partial charge in [0, 0.05) is 19.5 Å². The fourth-order valence-electron chi connectivity index (χ4n) is 0. The van der Waals surface area contributed by atoms with Crippen LogP contribution in [0.15, 0.2) is 0 Å². The Bertz CT molecular complexity index is 29.5. The zero-order valence-corrected chi connectivity index (χ0v) is 5.07. The van der Waals surface area contributed by atoms with E-state index in [0.29, 0.717) is 0 Å². The van der Waals surface area contributed by atoms with Crippen LogP contribution in [-0.2, 0) is 19.5 Å². The summed E-state index contributed by atoms with van der Waals surface area (Å²) in [5.74, 6) is 0. The zero-order valence-electron chi connectivity index (χ0n) is 2.10. The van der Waals surface area contributed by atoms with Crippen LogP contribution in [0.4, 0.5) is 0 Å². The predicted molar refractivity (Wildman–Crippen MR) is 7.55 cm³/mol. The van der Waals surface area contributed by atoms with Gasteiger partial charge in [0.15, 0.2) is 0 Å². The van der Waals surface area contributed by atoms with Gasteiger partial charge in [-0.25, -0.2) is 0 Å². The van der Waals surface area contributed by atoms with E-state index in [1.807, 2.05) is 0 Å². The molecule has 1 N–H and O–H groups in total. The van der Waals surface area contributed by atoms with Crippen molar-refractivity contribution in [2.75, 3.05) is 0 Å². The molecule has 18 valence electrons. The van der Waals surface area contributed by atoms with Gasteiger partial charge in [0.05, 0.1) is 0 Å². The van der Waals surface area contributed by atoms with E-state index < -0.39 is 0 Å². The summed E-state index contributed by atoms with van der Waals surface area (Å²) in [6.45, 7) is 0. The molecule has 0 atom stereocenters. The molecule has 0 rings (SSSR count). The molecule has 0 unspecified atom stereocenters. The van der Waals surface area contributed by atoms with Crippen LogP contribution in [0.1, 0.15) is 0 Å². The van der Waals surface area contributed by atoms with Crippen molar-refractivity contribution in [1.82, 2.24) is 0 Å². The maximum absolute atomic E-state index is 6.88. The zero-order chi connectivity index (χ0) is 2.71. The average Bonchev–Trinajstić information content (AvgIpc) is 0.918. The van der Waals surface area contributed by atoms with Gasteiger partial charge in [-0.2, -0.15) is 5.26 Å². The van der Waals surface area contributed by atoms with Crippen LogP contribution in [0, 0.1) is 11.5 Å². The molecule has 4 heavy (non-hydrogen) atoms. The van der Waals surface area contributed by atoms with Gasteiger partial charge >= 0.3 is 0 Å². The Labute approximate surface area is 36.8 Å². The normalized spacial score (nSPS) is 1.75. The van der Waals surface area contributed by atoms with E-state index in [2.05, 4.69) is 0 Å². The number of hydrogen-bond donors (Lipinski definition) is 1. The van der Waals surface area contributed by atoms with Gasteiger partial charge in [0.1, 0.15) is 0 Å². The summed E-state index contributed by atoms with van der Waals surface area (Å²) in [4.78, 5) is 0. The average molecular weight is 108 g/mol. The van der Waals surface area contributed by atoms with Gasteiger partial charge in [-0.05, 0) is 0 Å². The van der Waals surface area contributed by atoms with Crippen molar-refractivity contribution < 1.29 is 24.6 Å². The molecule has 0 saturated carbocycles. The van der Waals surface area contributed by atoms with E-state index in [0.717, 1.165) is 6.26 Å². The monoisotopic (exact) mass is 107 g/mol. The number of nitrogens with zero attached hydrogens (tertiary/aromatic N) is 1. The minimum Gasteiger partial charge on any atom is -0.443 e. The Hall–Kier alpha value is -0.0866. The molecule has 0 saturated heterocycles.